The van der Waals surface area contributed by atoms with Gasteiger partial charge in [0.05, 0.1) is 0 Å². The summed E-state index contributed by atoms with van der Waals surface area (Å²) < 4.78 is 5.24. The Balaban J connectivity index is 3.06. The van der Waals surface area contributed by atoms with Gasteiger partial charge in [-0.1, -0.05) is 6.07 Å². The van der Waals surface area contributed by atoms with E-state index in [0.29, 0.717) is 12.2 Å². The Kier molecular flexibility index (Phi) is 3.19. The lowest BCUT2D eigenvalue weighted by molar-refractivity contribution is -0.164. The second kappa shape index (κ2) is 4.19. The summed E-state index contributed by atoms with van der Waals surface area (Å²) >= 11 is 0. The predicted molar refractivity (Wildman–Crippen MR) is 50.9 cm³/mol. The Bertz CT molecular complexity index is 312. The van der Waals surface area contributed by atoms with Gasteiger partial charge in [-0.3, -0.25) is 4.98 Å². The Morgan fingerprint density at radius 2 is 2.43 bits per heavy atom. The van der Waals surface area contributed by atoms with Gasteiger partial charge in [0.2, 0.25) is 0 Å². The van der Waals surface area contributed by atoms with Crippen molar-refractivity contribution in [2.24, 2.45) is 0 Å². The van der Waals surface area contributed by atoms with Gasteiger partial charge in [0.15, 0.2) is 5.60 Å². The van der Waals surface area contributed by atoms with Crippen molar-refractivity contribution in [3.63, 3.8) is 0 Å². The number of aromatic nitrogens is 1. The van der Waals surface area contributed by atoms with Gasteiger partial charge < -0.3 is 9.84 Å². The number of carboxylic acid groups (broad SMARTS) is 1. The highest BCUT2D eigenvalue weighted by Gasteiger charge is 2.36. The molecular weight excluding hydrogens is 182 g/mol. The summed E-state index contributed by atoms with van der Waals surface area (Å²) in [6.07, 6.45) is 3.10. The van der Waals surface area contributed by atoms with Crippen molar-refractivity contribution in [3.8, 4) is 0 Å². The van der Waals surface area contributed by atoms with Crippen LogP contribution >= 0.6 is 0 Å². The molecule has 1 N–H and O–H groups in total. The molecule has 76 valence electrons. The van der Waals surface area contributed by atoms with Crippen LogP contribution in [0, 0.1) is 0 Å². The average Bonchev–Trinajstić information content (AvgIpc) is 2.19. The first-order valence-electron chi connectivity index (χ1n) is 4.39. The highest BCUT2D eigenvalue weighted by molar-refractivity contribution is 5.78. The monoisotopic (exact) mass is 195 g/mol. The molecule has 0 bridgehead atoms. The zero-order valence-electron chi connectivity index (χ0n) is 8.23. The van der Waals surface area contributed by atoms with Crippen molar-refractivity contribution in [1.29, 1.82) is 0 Å². The largest absolute Gasteiger partial charge is 0.479 e. The van der Waals surface area contributed by atoms with Crippen molar-refractivity contribution < 1.29 is 14.6 Å². The number of ether oxygens (including phenoxy) is 1. The topological polar surface area (TPSA) is 59.4 Å². The maximum atomic E-state index is 11.1. The van der Waals surface area contributed by atoms with Gasteiger partial charge in [0.1, 0.15) is 0 Å². The van der Waals surface area contributed by atoms with E-state index in [1.807, 2.05) is 0 Å². The lowest BCUT2D eigenvalue weighted by Crippen LogP contribution is -2.35. The van der Waals surface area contributed by atoms with E-state index in [-0.39, 0.29) is 0 Å². The first-order valence-corrected chi connectivity index (χ1v) is 4.39. The zero-order chi connectivity index (χ0) is 10.6. The molecule has 1 heterocycles. The van der Waals surface area contributed by atoms with E-state index in [1.165, 1.54) is 13.1 Å². The number of pyridine rings is 1. The number of hydrogen-bond acceptors (Lipinski definition) is 3. The summed E-state index contributed by atoms with van der Waals surface area (Å²) in [5.74, 6) is -1.01. The van der Waals surface area contributed by atoms with Gasteiger partial charge in [-0.05, 0) is 19.9 Å². The average molecular weight is 195 g/mol. The number of hydrogen-bond donors (Lipinski definition) is 1. The van der Waals surface area contributed by atoms with E-state index in [0.717, 1.165) is 0 Å². The van der Waals surface area contributed by atoms with Crippen molar-refractivity contribution in [3.05, 3.63) is 30.1 Å². The second-order valence-electron chi connectivity index (χ2n) is 3.01. The van der Waals surface area contributed by atoms with E-state index in [1.54, 1.807) is 25.3 Å². The van der Waals surface area contributed by atoms with Gasteiger partial charge in [-0.15, -0.1) is 0 Å². The summed E-state index contributed by atoms with van der Waals surface area (Å²) in [7, 11) is 0. The Morgan fingerprint density at radius 1 is 1.71 bits per heavy atom. The van der Waals surface area contributed by atoms with Crippen LogP contribution in [0.4, 0.5) is 0 Å². The van der Waals surface area contributed by atoms with E-state index >= 15 is 0 Å². The molecule has 0 aliphatic rings. The molecule has 1 atom stereocenters. The normalized spacial score (nSPS) is 14.7. The van der Waals surface area contributed by atoms with Crippen LogP contribution in [0.1, 0.15) is 19.4 Å². The zero-order valence-corrected chi connectivity index (χ0v) is 8.23. The van der Waals surface area contributed by atoms with Crippen molar-refractivity contribution in [2.45, 2.75) is 19.4 Å². The van der Waals surface area contributed by atoms with Crippen LogP contribution in [0.5, 0.6) is 0 Å². The Labute approximate surface area is 82.5 Å². The van der Waals surface area contributed by atoms with Crippen molar-refractivity contribution in [1.82, 2.24) is 4.98 Å². The summed E-state index contributed by atoms with van der Waals surface area (Å²) in [6, 6.07) is 3.38. The maximum absolute atomic E-state index is 11.1. The third-order valence-corrected chi connectivity index (χ3v) is 2.05. The van der Waals surface area contributed by atoms with Crippen LogP contribution in [-0.2, 0) is 15.1 Å². The number of carboxylic acids is 1. The molecule has 0 spiro atoms. The first-order chi connectivity index (χ1) is 6.61. The van der Waals surface area contributed by atoms with Crippen LogP contribution in [0.25, 0.3) is 0 Å². The van der Waals surface area contributed by atoms with E-state index in [2.05, 4.69) is 4.98 Å². The number of rotatable bonds is 4. The van der Waals surface area contributed by atoms with E-state index in [4.69, 9.17) is 9.84 Å². The van der Waals surface area contributed by atoms with Gasteiger partial charge >= 0.3 is 5.97 Å². The Morgan fingerprint density at radius 3 is 2.86 bits per heavy atom. The number of nitrogens with zero attached hydrogens (tertiary/aromatic N) is 1. The fourth-order valence-corrected chi connectivity index (χ4v) is 1.20. The minimum atomic E-state index is -1.30. The van der Waals surface area contributed by atoms with Gasteiger partial charge in [0.25, 0.3) is 0 Å². The predicted octanol–water partition coefficient (Wildman–Crippen LogP) is 1.42. The number of aliphatic carboxylic acids is 1. The third-order valence-electron chi connectivity index (χ3n) is 2.05. The molecule has 0 aliphatic carbocycles. The molecule has 0 fully saturated rings. The maximum Gasteiger partial charge on any atom is 0.340 e. The standard InChI is InChI=1S/C10H13NO3/c1-3-14-10(2,9(12)13)8-5-4-6-11-7-8/h4-7H,3H2,1-2H3,(H,12,13). The van der Waals surface area contributed by atoms with Crippen LogP contribution in [0.3, 0.4) is 0 Å². The summed E-state index contributed by atoms with van der Waals surface area (Å²) in [6.45, 7) is 3.63. The van der Waals surface area contributed by atoms with Gasteiger partial charge in [-0.25, -0.2) is 4.79 Å². The smallest absolute Gasteiger partial charge is 0.340 e. The summed E-state index contributed by atoms with van der Waals surface area (Å²) in [4.78, 5) is 14.9. The van der Waals surface area contributed by atoms with Crippen LogP contribution < -0.4 is 0 Å². The molecule has 0 amide bonds. The highest BCUT2D eigenvalue weighted by Crippen LogP contribution is 2.24. The molecule has 0 aromatic carbocycles. The van der Waals surface area contributed by atoms with Crippen molar-refractivity contribution >= 4 is 5.97 Å². The SMILES string of the molecule is CCOC(C)(C(=O)O)c1cccnc1. The molecule has 14 heavy (non-hydrogen) atoms. The fourth-order valence-electron chi connectivity index (χ4n) is 1.20. The van der Waals surface area contributed by atoms with Crippen LogP contribution in [0.2, 0.25) is 0 Å². The summed E-state index contributed by atoms with van der Waals surface area (Å²) in [5.41, 5.74) is -0.752. The molecule has 0 saturated heterocycles. The minimum Gasteiger partial charge on any atom is -0.479 e. The number of carbonyl (C=O) groups is 1. The van der Waals surface area contributed by atoms with Crippen LogP contribution in [-0.4, -0.2) is 22.7 Å². The Hall–Kier alpha value is -1.42. The molecule has 4 nitrogen and oxygen atoms in total. The molecule has 1 unspecified atom stereocenters. The lowest BCUT2D eigenvalue weighted by atomic mass is 9.98. The van der Waals surface area contributed by atoms with Crippen molar-refractivity contribution in [2.75, 3.05) is 6.61 Å². The molecule has 0 saturated carbocycles. The summed E-state index contributed by atoms with van der Waals surface area (Å²) in [5, 5.41) is 9.06. The molecule has 0 aliphatic heterocycles. The van der Waals surface area contributed by atoms with E-state index < -0.39 is 11.6 Å². The van der Waals surface area contributed by atoms with Crippen LogP contribution in [0.15, 0.2) is 24.5 Å². The molecule has 1 aromatic heterocycles. The minimum absolute atomic E-state index is 0.345. The quantitative estimate of drug-likeness (QED) is 0.789. The highest BCUT2D eigenvalue weighted by atomic mass is 16.5. The lowest BCUT2D eigenvalue weighted by Gasteiger charge is -2.24. The fraction of sp³-hybridized carbons (Fsp3) is 0.400. The first kappa shape index (κ1) is 10.7. The molecule has 1 rings (SSSR count). The third kappa shape index (κ3) is 1.90. The molecule has 1 aromatic rings. The molecule has 4 heteroatoms. The molecule has 0 radical (unpaired) electrons. The van der Waals surface area contributed by atoms with Gasteiger partial charge in [0, 0.05) is 24.6 Å². The van der Waals surface area contributed by atoms with Gasteiger partial charge in [-0.2, -0.15) is 0 Å². The molecular formula is C10H13NO3. The second-order valence-corrected chi connectivity index (χ2v) is 3.01. The van der Waals surface area contributed by atoms with E-state index in [9.17, 15) is 4.79 Å².